The third-order valence-corrected chi connectivity index (χ3v) is 9.34. The lowest BCUT2D eigenvalue weighted by Gasteiger charge is -2.29. The lowest BCUT2D eigenvalue weighted by Crippen LogP contribution is -2.43. The Morgan fingerprint density at radius 2 is 1.50 bits per heavy atom. The number of rotatable bonds is 4. The minimum atomic E-state index is -3.71. The molecule has 1 saturated carbocycles. The third-order valence-electron chi connectivity index (χ3n) is 5.31. The zero-order valence-electron chi connectivity index (χ0n) is 14.7. The Kier molecular flexibility index (Phi) is 4.33. The molecule has 1 aliphatic heterocycles. The van der Waals surface area contributed by atoms with Crippen LogP contribution >= 0.6 is 0 Å². The van der Waals surface area contributed by atoms with Gasteiger partial charge >= 0.3 is 0 Å². The molecular weight excluding hydrogens is 346 g/mol. The van der Waals surface area contributed by atoms with Crippen LogP contribution in [0.5, 0.6) is 0 Å². The molecule has 2 aliphatic rings. The minimum Gasteiger partial charge on any atom is -0.229 e. The van der Waals surface area contributed by atoms with Crippen LogP contribution in [0.15, 0.2) is 11.0 Å². The average Bonchev–Trinajstić information content (AvgIpc) is 3.20. The van der Waals surface area contributed by atoms with Gasteiger partial charge in [0, 0.05) is 12.1 Å². The summed E-state index contributed by atoms with van der Waals surface area (Å²) in [7, 11) is -6.84. The Balaban J connectivity index is 2.12. The van der Waals surface area contributed by atoms with Crippen molar-refractivity contribution in [3.8, 4) is 0 Å². The van der Waals surface area contributed by atoms with Gasteiger partial charge in [-0.3, -0.25) is 0 Å². The van der Waals surface area contributed by atoms with Crippen molar-refractivity contribution < 1.29 is 16.8 Å². The van der Waals surface area contributed by atoms with Crippen LogP contribution in [-0.2, 0) is 19.9 Å². The van der Waals surface area contributed by atoms with E-state index in [4.69, 9.17) is 0 Å². The Hall–Kier alpha value is -0.920. The van der Waals surface area contributed by atoms with Crippen molar-refractivity contribution in [1.82, 2.24) is 4.31 Å². The highest BCUT2D eigenvalue weighted by Gasteiger charge is 2.47. The molecule has 0 bridgehead atoms. The smallest absolute Gasteiger partial charge is 0.229 e. The van der Waals surface area contributed by atoms with Crippen LogP contribution in [0.2, 0.25) is 0 Å². The molecule has 1 aromatic rings. The summed E-state index contributed by atoms with van der Waals surface area (Å²) in [5.74, 6) is 0.0346. The lowest BCUT2D eigenvalue weighted by atomic mass is 10.0. The van der Waals surface area contributed by atoms with Crippen molar-refractivity contribution in [1.29, 1.82) is 0 Å². The highest BCUT2D eigenvalue weighted by Crippen LogP contribution is 2.39. The summed E-state index contributed by atoms with van der Waals surface area (Å²) in [4.78, 5) is 0.371. The summed E-state index contributed by atoms with van der Waals surface area (Å²) >= 11 is 0. The van der Waals surface area contributed by atoms with Gasteiger partial charge in [-0.2, -0.15) is 4.31 Å². The molecule has 0 N–H and O–H groups in total. The van der Waals surface area contributed by atoms with Gasteiger partial charge in [0.05, 0.1) is 16.4 Å². The largest absolute Gasteiger partial charge is 0.244 e. The summed E-state index contributed by atoms with van der Waals surface area (Å²) in [6.45, 7) is 7.51. The molecule has 0 radical (unpaired) electrons. The molecule has 24 heavy (non-hydrogen) atoms. The van der Waals surface area contributed by atoms with E-state index in [2.05, 4.69) is 0 Å². The summed E-state index contributed by atoms with van der Waals surface area (Å²) in [6.07, 6.45) is 2.04. The van der Waals surface area contributed by atoms with E-state index in [1.807, 2.05) is 33.8 Å². The molecule has 1 saturated heterocycles. The predicted molar refractivity (Wildman–Crippen MR) is 94.5 cm³/mol. The number of nitrogens with zero attached hydrogens (tertiary/aromatic N) is 1. The standard InChI is InChI=1S/C17H25NO4S2/c1-11-9-12(2)14(4)17(13(11)3)24(21,22)18(15-5-6-15)16-7-8-23(19,20)10-16/h9,15-16H,5-8,10H2,1-4H3. The van der Waals surface area contributed by atoms with Gasteiger partial charge in [-0.1, -0.05) is 6.07 Å². The second kappa shape index (κ2) is 5.81. The van der Waals surface area contributed by atoms with Crippen LogP contribution in [0.4, 0.5) is 0 Å². The van der Waals surface area contributed by atoms with Gasteiger partial charge in [-0.05, 0) is 69.2 Å². The van der Waals surface area contributed by atoms with Crippen LogP contribution in [0.1, 0.15) is 41.5 Å². The van der Waals surface area contributed by atoms with E-state index in [-0.39, 0.29) is 17.5 Å². The molecule has 2 fully saturated rings. The first-order chi connectivity index (χ1) is 11.0. The molecule has 7 heteroatoms. The van der Waals surface area contributed by atoms with Crippen molar-refractivity contribution in [2.75, 3.05) is 11.5 Å². The van der Waals surface area contributed by atoms with Crippen molar-refractivity contribution in [2.24, 2.45) is 0 Å². The van der Waals surface area contributed by atoms with Crippen LogP contribution in [-0.4, -0.2) is 44.7 Å². The number of benzene rings is 1. The van der Waals surface area contributed by atoms with Crippen molar-refractivity contribution in [3.05, 3.63) is 28.3 Å². The van der Waals surface area contributed by atoms with E-state index in [9.17, 15) is 16.8 Å². The summed E-state index contributed by atoms with van der Waals surface area (Å²) in [6, 6.07) is 1.53. The Morgan fingerprint density at radius 1 is 0.958 bits per heavy atom. The highest BCUT2D eigenvalue weighted by atomic mass is 32.2. The zero-order chi connectivity index (χ0) is 17.9. The predicted octanol–water partition coefficient (Wildman–Crippen LogP) is 2.26. The zero-order valence-corrected chi connectivity index (χ0v) is 16.3. The number of sulfone groups is 1. The van der Waals surface area contributed by atoms with Crippen molar-refractivity contribution in [3.63, 3.8) is 0 Å². The number of hydrogen-bond donors (Lipinski definition) is 0. The maximum atomic E-state index is 13.5. The quantitative estimate of drug-likeness (QED) is 0.814. The van der Waals surface area contributed by atoms with E-state index in [1.165, 1.54) is 4.31 Å². The molecule has 0 amide bonds. The van der Waals surface area contributed by atoms with Crippen LogP contribution < -0.4 is 0 Å². The van der Waals surface area contributed by atoms with Gasteiger partial charge in [-0.15, -0.1) is 0 Å². The van der Waals surface area contributed by atoms with Gasteiger partial charge in [0.2, 0.25) is 10.0 Å². The van der Waals surface area contributed by atoms with Gasteiger partial charge in [0.25, 0.3) is 0 Å². The molecule has 0 spiro atoms. The van der Waals surface area contributed by atoms with E-state index in [1.54, 1.807) is 0 Å². The number of aryl methyl sites for hydroxylation is 2. The SMILES string of the molecule is Cc1cc(C)c(C)c(S(=O)(=O)N(C2CC2)C2CCS(=O)(=O)C2)c1C. The van der Waals surface area contributed by atoms with Gasteiger partial charge in [-0.25, -0.2) is 16.8 Å². The Labute approximate surface area is 145 Å². The van der Waals surface area contributed by atoms with E-state index in [0.717, 1.165) is 35.1 Å². The molecule has 0 aromatic heterocycles. The molecule has 1 aliphatic carbocycles. The topological polar surface area (TPSA) is 71.5 Å². The molecule has 134 valence electrons. The van der Waals surface area contributed by atoms with Crippen molar-refractivity contribution >= 4 is 19.9 Å². The maximum Gasteiger partial charge on any atom is 0.244 e. The summed E-state index contributed by atoms with van der Waals surface area (Å²) < 4.78 is 52.2. The fraction of sp³-hybridized carbons (Fsp3) is 0.647. The molecule has 3 rings (SSSR count). The lowest BCUT2D eigenvalue weighted by molar-refractivity contribution is 0.332. The van der Waals surface area contributed by atoms with Crippen LogP contribution in [0.3, 0.4) is 0 Å². The second-order valence-corrected chi connectivity index (χ2v) is 11.2. The molecule has 1 atom stereocenters. The molecule has 5 nitrogen and oxygen atoms in total. The van der Waals surface area contributed by atoms with Gasteiger partial charge < -0.3 is 0 Å². The minimum absolute atomic E-state index is 0.0482. The molecule has 1 aromatic carbocycles. The Bertz CT molecular complexity index is 857. The highest BCUT2D eigenvalue weighted by molar-refractivity contribution is 7.92. The first kappa shape index (κ1) is 17.9. The van der Waals surface area contributed by atoms with Gasteiger partial charge in [0.1, 0.15) is 0 Å². The van der Waals surface area contributed by atoms with Crippen LogP contribution in [0, 0.1) is 27.7 Å². The van der Waals surface area contributed by atoms with E-state index in [0.29, 0.717) is 11.3 Å². The molecule has 1 heterocycles. The monoisotopic (exact) mass is 371 g/mol. The second-order valence-electron chi connectivity index (χ2n) is 7.21. The van der Waals surface area contributed by atoms with Gasteiger partial charge in [0.15, 0.2) is 9.84 Å². The average molecular weight is 372 g/mol. The normalized spacial score (nSPS) is 23.8. The fourth-order valence-corrected chi connectivity index (χ4v) is 7.96. The molecule has 1 unspecified atom stereocenters. The van der Waals surface area contributed by atoms with Crippen molar-refractivity contribution in [2.45, 2.75) is 63.9 Å². The fourth-order valence-electron chi connectivity index (χ4n) is 3.67. The van der Waals surface area contributed by atoms with E-state index >= 15 is 0 Å². The maximum absolute atomic E-state index is 13.5. The first-order valence-electron chi connectivity index (χ1n) is 8.36. The third kappa shape index (κ3) is 3.02. The van der Waals surface area contributed by atoms with E-state index < -0.39 is 25.9 Å². The molecular formula is C17H25NO4S2. The summed E-state index contributed by atoms with van der Waals surface area (Å²) in [5.41, 5.74) is 3.44. The number of hydrogen-bond acceptors (Lipinski definition) is 4. The van der Waals surface area contributed by atoms with Crippen LogP contribution in [0.25, 0.3) is 0 Å². The first-order valence-corrected chi connectivity index (χ1v) is 11.6. The Morgan fingerprint density at radius 3 is 1.92 bits per heavy atom. The number of sulfonamides is 1. The summed E-state index contributed by atoms with van der Waals surface area (Å²) in [5, 5.41) is 0.